The number of hydrogen-bond acceptors (Lipinski definition) is 4. The maximum atomic E-state index is 16.4. The Bertz CT molecular complexity index is 3050. The van der Waals surface area contributed by atoms with Crippen molar-refractivity contribution >= 4 is 73.6 Å². The predicted molar refractivity (Wildman–Crippen MR) is 245 cm³/mol. The molecular weight excluding hydrogens is 726 g/mol. The predicted octanol–water partition coefficient (Wildman–Crippen LogP) is 12.3. The molecule has 0 aromatic heterocycles. The van der Waals surface area contributed by atoms with E-state index in [0.29, 0.717) is 11.4 Å². The normalized spacial score (nSPS) is 16.0. The van der Waals surface area contributed by atoms with Gasteiger partial charge in [0.25, 0.3) is 0 Å². The fourth-order valence-corrected chi connectivity index (χ4v) is 11.7. The van der Waals surface area contributed by atoms with Crippen LogP contribution in [0.1, 0.15) is 33.4 Å². The highest BCUT2D eigenvalue weighted by Gasteiger charge is 2.46. The van der Waals surface area contributed by atoms with Gasteiger partial charge >= 0.3 is 0 Å². The molecule has 0 amide bonds. The molecule has 0 bridgehead atoms. The van der Waals surface area contributed by atoms with Crippen LogP contribution in [-0.2, 0) is 4.57 Å². The Hall–Kier alpha value is -7.26. The van der Waals surface area contributed by atoms with Gasteiger partial charge in [-0.25, -0.2) is 4.99 Å². The number of hydrogen-bond donors (Lipinski definition) is 1. The number of allylic oxidation sites excluding steroid dienone is 1. The fraction of sp³-hybridized carbons (Fsp3) is 0. The number of nitrogens with two attached hydrogens (primary N) is 1. The van der Waals surface area contributed by atoms with E-state index in [2.05, 4.69) is 133 Å². The first-order valence-corrected chi connectivity index (χ1v) is 21.1. The van der Waals surface area contributed by atoms with Crippen LogP contribution >= 0.6 is 7.14 Å². The molecule has 0 aliphatic carbocycles. The van der Waals surface area contributed by atoms with Gasteiger partial charge in [0.15, 0.2) is 7.14 Å². The van der Waals surface area contributed by atoms with E-state index in [1.165, 1.54) is 0 Å². The number of anilines is 3. The van der Waals surface area contributed by atoms with Gasteiger partial charge in [-0.2, -0.15) is 0 Å². The highest BCUT2D eigenvalue weighted by molar-refractivity contribution is 7.88. The van der Waals surface area contributed by atoms with Crippen molar-refractivity contribution in [1.82, 2.24) is 0 Å². The van der Waals surface area contributed by atoms with Gasteiger partial charge < -0.3 is 15.2 Å². The summed E-state index contributed by atoms with van der Waals surface area (Å²) in [6.07, 6.45) is 1.92. The van der Waals surface area contributed by atoms with Crippen LogP contribution in [0.5, 0.6) is 0 Å². The van der Waals surface area contributed by atoms with E-state index in [9.17, 15) is 0 Å². The summed E-state index contributed by atoms with van der Waals surface area (Å²) in [5, 5.41) is 4.79. The number of nitrogens with zero attached hydrogens (tertiary/aromatic N) is 2. The van der Waals surface area contributed by atoms with Crippen LogP contribution in [0, 0.1) is 0 Å². The van der Waals surface area contributed by atoms with Crippen molar-refractivity contribution in [3.63, 3.8) is 0 Å². The number of benzene rings is 8. The van der Waals surface area contributed by atoms with Crippen LogP contribution in [0.15, 0.2) is 218 Å². The summed E-state index contributed by atoms with van der Waals surface area (Å²) in [6, 6.07) is 68.0. The van der Waals surface area contributed by atoms with Crippen molar-refractivity contribution in [2.75, 3.05) is 4.90 Å². The molecule has 2 aliphatic rings. The van der Waals surface area contributed by atoms with Gasteiger partial charge in [0.05, 0.1) is 22.8 Å². The molecule has 8 aromatic carbocycles. The highest BCUT2D eigenvalue weighted by Crippen LogP contribution is 2.68. The van der Waals surface area contributed by atoms with E-state index >= 15 is 4.57 Å². The molecule has 0 radical (unpaired) electrons. The molecule has 10 rings (SSSR count). The zero-order chi connectivity index (χ0) is 39.2. The minimum absolute atomic E-state index is 0.584. The Kier molecular flexibility index (Phi) is 8.70. The van der Waals surface area contributed by atoms with Gasteiger partial charge in [-0.05, 0) is 63.9 Å². The topological polar surface area (TPSA) is 58.7 Å². The Morgan fingerprint density at radius 2 is 1.12 bits per heavy atom. The Morgan fingerprint density at radius 1 is 0.552 bits per heavy atom. The molecule has 1 unspecified atom stereocenters. The average Bonchev–Trinajstić information content (AvgIpc) is 3.47. The monoisotopic (exact) mass is 763 g/mol. The Labute approximate surface area is 338 Å². The summed E-state index contributed by atoms with van der Waals surface area (Å²) in [4.78, 5) is 7.25. The summed E-state index contributed by atoms with van der Waals surface area (Å²) >= 11 is 0. The molecule has 5 heteroatoms. The molecule has 4 nitrogen and oxygen atoms in total. The molecule has 1 atom stereocenters. The van der Waals surface area contributed by atoms with Gasteiger partial charge in [-0.15, -0.1) is 0 Å². The van der Waals surface area contributed by atoms with Crippen LogP contribution < -0.4 is 21.2 Å². The molecule has 8 aromatic rings. The molecule has 0 fully saturated rings. The van der Waals surface area contributed by atoms with Crippen molar-refractivity contribution in [3.8, 4) is 0 Å². The van der Waals surface area contributed by atoms with Crippen LogP contribution in [0.4, 0.5) is 17.1 Å². The Balaban J connectivity index is 1.10. The van der Waals surface area contributed by atoms with E-state index in [1.807, 2.05) is 84.9 Å². The third-order valence-corrected chi connectivity index (χ3v) is 14.3. The molecule has 2 N–H and O–H groups in total. The van der Waals surface area contributed by atoms with Gasteiger partial charge in [0.1, 0.15) is 0 Å². The van der Waals surface area contributed by atoms with Crippen molar-refractivity contribution in [3.05, 3.63) is 246 Å². The largest absolute Gasteiger partial charge is 0.398 e. The fourth-order valence-electron chi connectivity index (χ4n) is 8.40. The van der Waals surface area contributed by atoms with Crippen molar-refractivity contribution in [2.24, 2.45) is 10.7 Å². The SMILES string of the molecule is C=C(/N=C(\C=C(/N)c1ccc(N2c3ccccc3C3=C(c4ccccc42)P(=O)(c2ccc4ccccc4c2)c2ccccc23)cc1)c1ccccc1)c1ccccc1. The minimum atomic E-state index is -3.36. The average molecular weight is 764 g/mol. The van der Waals surface area contributed by atoms with E-state index in [1.54, 1.807) is 0 Å². The van der Waals surface area contributed by atoms with Crippen LogP contribution in [-0.4, -0.2) is 5.71 Å². The summed E-state index contributed by atoms with van der Waals surface area (Å²) in [5.74, 6) is 0. The molecule has 0 spiro atoms. The second-order valence-corrected chi connectivity index (χ2v) is 17.2. The maximum Gasteiger partial charge on any atom is 0.172 e. The minimum Gasteiger partial charge on any atom is -0.398 e. The van der Waals surface area contributed by atoms with Crippen molar-refractivity contribution < 1.29 is 4.57 Å². The number of para-hydroxylation sites is 2. The summed E-state index contributed by atoms with van der Waals surface area (Å²) in [6.45, 7) is 4.27. The van der Waals surface area contributed by atoms with E-state index < -0.39 is 7.14 Å². The van der Waals surface area contributed by atoms with Crippen molar-refractivity contribution in [2.45, 2.75) is 0 Å². The molecule has 0 saturated carbocycles. The first-order chi connectivity index (χ1) is 28.5. The van der Waals surface area contributed by atoms with Crippen molar-refractivity contribution in [1.29, 1.82) is 0 Å². The molecule has 58 heavy (non-hydrogen) atoms. The molecule has 2 heterocycles. The summed E-state index contributed by atoms with van der Waals surface area (Å²) in [7, 11) is -3.36. The molecule has 2 aliphatic heterocycles. The van der Waals surface area contributed by atoms with Gasteiger partial charge in [0, 0.05) is 49.6 Å². The van der Waals surface area contributed by atoms with Crippen LogP contribution in [0.25, 0.3) is 33.1 Å². The number of aliphatic imine (C=N–C) groups is 1. The number of fused-ring (bicyclic) bond motifs is 7. The first kappa shape index (κ1) is 35.2. The second-order valence-electron chi connectivity index (χ2n) is 14.6. The lowest BCUT2D eigenvalue weighted by Gasteiger charge is -2.29. The summed E-state index contributed by atoms with van der Waals surface area (Å²) < 4.78 is 16.4. The lowest BCUT2D eigenvalue weighted by molar-refractivity contribution is 0.593. The van der Waals surface area contributed by atoms with E-state index in [-0.39, 0.29) is 0 Å². The van der Waals surface area contributed by atoms with E-state index in [0.717, 1.165) is 88.4 Å². The van der Waals surface area contributed by atoms with Crippen LogP contribution in [0.2, 0.25) is 0 Å². The maximum absolute atomic E-state index is 16.4. The molecule has 0 saturated heterocycles. The lowest BCUT2D eigenvalue weighted by Crippen LogP contribution is -2.17. The standard InChI is InChI=1S/C53H38N3OP/c1-36(37-16-4-2-5-17-37)55-48(40-19-6-3-7-20-40)35-47(54)39-28-31-42(32-29-39)56-49-25-13-10-22-44(49)52-46-24-12-15-27-51(46)58(57,53(52)45-23-11-14-26-50(45)56)43-33-30-38-18-8-9-21-41(38)34-43/h2-35H,1,54H2/b47-35-,55-48+. The zero-order valence-electron chi connectivity index (χ0n) is 31.7. The van der Waals surface area contributed by atoms with E-state index in [4.69, 9.17) is 10.7 Å². The first-order valence-electron chi connectivity index (χ1n) is 19.4. The smallest absolute Gasteiger partial charge is 0.172 e. The highest BCUT2D eigenvalue weighted by atomic mass is 31.2. The van der Waals surface area contributed by atoms with Gasteiger partial charge in [-0.3, -0.25) is 0 Å². The molecular formula is C53H38N3OP. The number of rotatable bonds is 7. The van der Waals surface area contributed by atoms with Crippen LogP contribution in [0.3, 0.4) is 0 Å². The lowest BCUT2D eigenvalue weighted by atomic mass is 9.95. The summed E-state index contributed by atoms with van der Waals surface area (Å²) in [5.41, 5.74) is 18.5. The van der Waals surface area contributed by atoms with Gasteiger partial charge in [-0.1, -0.05) is 176 Å². The third kappa shape index (κ3) is 5.86. The zero-order valence-corrected chi connectivity index (χ0v) is 32.6. The second kappa shape index (κ2) is 14.4. The Morgan fingerprint density at radius 3 is 1.84 bits per heavy atom. The quantitative estimate of drug-likeness (QED) is 0.130. The molecule has 276 valence electrons. The third-order valence-electron chi connectivity index (χ3n) is 11.2. The van der Waals surface area contributed by atoms with Gasteiger partial charge in [0.2, 0.25) is 0 Å².